The van der Waals surface area contributed by atoms with Crippen molar-refractivity contribution in [1.29, 1.82) is 0 Å². The highest BCUT2D eigenvalue weighted by atomic mass is 79.9. The van der Waals surface area contributed by atoms with Crippen molar-refractivity contribution in [1.82, 2.24) is 19.8 Å². The number of benzene rings is 2. The second kappa shape index (κ2) is 7.28. The molecule has 2 aromatic carbocycles. The minimum absolute atomic E-state index is 0.213. The predicted octanol–water partition coefficient (Wildman–Crippen LogP) is 2.91. The largest absolute Gasteiger partial charge is 0.493 e. The highest BCUT2D eigenvalue weighted by Crippen LogP contribution is 2.33. The minimum Gasteiger partial charge on any atom is -0.493 e. The number of hydrogen-bond acceptors (Lipinski definition) is 5. The Hall–Kier alpha value is -2.32. The van der Waals surface area contributed by atoms with Crippen LogP contribution in [0.2, 0.25) is 5.02 Å². The van der Waals surface area contributed by atoms with E-state index in [0.29, 0.717) is 22.2 Å². The molecule has 0 aliphatic rings. The van der Waals surface area contributed by atoms with Gasteiger partial charge in [-0.25, -0.2) is 4.79 Å². The first-order valence-electron chi connectivity index (χ1n) is 7.23. The van der Waals surface area contributed by atoms with Crippen LogP contribution in [0.1, 0.15) is 5.56 Å². The predicted molar refractivity (Wildman–Crippen MR) is 97.0 cm³/mol. The molecule has 0 aliphatic carbocycles. The van der Waals surface area contributed by atoms with Crippen molar-refractivity contribution in [2.75, 3.05) is 14.2 Å². The Morgan fingerprint density at radius 2 is 1.80 bits per heavy atom. The van der Waals surface area contributed by atoms with Gasteiger partial charge in [-0.3, -0.25) is 0 Å². The van der Waals surface area contributed by atoms with Crippen LogP contribution < -0.4 is 15.2 Å². The van der Waals surface area contributed by atoms with Crippen LogP contribution in [0.3, 0.4) is 0 Å². The molecule has 0 amide bonds. The number of aromatic nitrogens is 4. The van der Waals surface area contributed by atoms with Crippen molar-refractivity contribution in [3.05, 3.63) is 61.9 Å². The number of para-hydroxylation sites is 1. The summed E-state index contributed by atoms with van der Waals surface area (Å²) in [5.41, 5.74) is 0.882. The summed E-state index contributed by atoms with van der Waals surface area (Å²) in [6.45, 7) is 0.213. The summed E-state index contributed by atoms with van der Waals surface area (Å²) in [7, 11) is 3.11. The maximum atomic E-state index is 12.6. The summed E-state index contributed by atoms with van der Waals surface area (Å²) in [5.74, 6) is 1.15. The molecule has 0 unspecified atom stereocenters. The molecule has 0 aliphatic heterocycles. The zero-order valence-electron chi connectivity index (χ0n) is 13.4. The lowest BCUT2D eigenvalue weighted by Gasteiger charge is -2.11. The Kier molecular flexibility index (Phi) is 5.10. The van der Waals surface area contributed by atoms with Crippen molar-refractivity contribution < 1.29 is 9.47 Å². The van der Waals surface area contributed by atoms with Crippen molar-refractivity contribution in [2.24, 2.45) is 0 Å². The summed E-state index contributed by atoms with van der Waals surface area (Å²) in [4.78, 5) is 12.6. The maximum absolute atomic E-state index is 12.6. The van der Waals surface area contributed by atoms with E-state index in [1.165, 1.54) is 4.68 Å². The Morgan fingerprint density at radius 3 is 2.48 bits per heavy atom. The van der Waals surface area contributed by atoms with Gasteiger partial charge in [0.1, 0.15) is 0 Å². The van der Waals surface area contributed by atoms with E-state index in [2.05, 4.69) is 26.4 Å². The number of tetrazole rings is 1. The Balaban J connectivity index is 1.98. The lowest BCUT2D eigenvalue weighted by Crippen LogP contribution is -2.25. The van der Waals surface area contributed by atoms with Gasteiger partial charge in [0.05, 0.1) is 31.5 Å². The Bertz CT molecular complexity index is 970. The second-order valence-corrected chi connectivity index (χ2v) is 6.34. The van der Waals surface area contributed by atoms with Gasteiger partial charge < -0.3 is 9.47 Å². The van der Waals surface area contributed by atoms with E-state index in [9.17, 15) is 4.79 Å². The molecule has 0 spiro atoms. The lowest BCUT2D eigenvalue weighted by molar-refractivity contribution is 0.354. The van der Waals surface area contributed by atoms with Gasteiger partial charge in [-0.15, -0.1) is 0 Å². The molecule has 0 fully saturated rings. The third kappa shape index (κ3) is 3.40. The van der Waals surface area contributed by atoms with Crippen LogP contribution in [-0.4, -0.2) is 34.0 Å². The van der Waals surface area contributed by atoms with Gasteiger partial charge in [-0.05, 0) is 40.3 Å². The van der Waals surface area contributed by atoms with Gasteiger partial charge in [0.25, 0.3) is 0 Å². The van der Waals surface area contributed by atoms with Gasteiger partial charge in [0.15, 0.2) is 11.5 Å². The summed E-state index contributed by atoms with van der Waals surface area (Å²) in [5, 5.41) is 8.26. The molecule has 0 N–H and O–H groups in total. The minimum atomic E-state index is -0.394. The average molecular weight is 426 g/mol. The smallest absolute Gasteiger partial charge is 0.368 e. The normalized spacial score (nSPS) is 10.7. The summed E-state index contributed by atoms with van der Waals surface area (Å²) in [6, 6.07) is 10.5. The molecule has 7 nitrogen and oxygen atoms in total. The van der Waals surface area contributed by atoms with Crippen molar-refractivity contribution >= 4 is 27.5 Å². The zero-order chi connectivity index (χ0) is 18.0. The van der Waals surface area contributed by atoms with Gasteiger partial charge in [-0.2, -0.15) is 9.36 Å². The average Bonchev–Trinajstić information content (AvgIpc) is 2.97. The van der Waals surface area contributed by atoms with E-state index < -0.39 is 5.69 Å². The van der Waals surface area contributed by atoms with Crippen molar-refractivity contribution in [3.63, 3.8) is 0 Å². The van der Waals surface area contributed by atoms with Crippen LogP contribution in [0.4, 0.5) is 0 Å². The summed E-state index contributed by atoms with van der Waals surface area (Å²) < 4.78 is 13.7. The third-order valence-corrected chi connectivity index (χ3v) is 4.65. The van der Waals surface area contributed by atoms with Crippen LogP contribution >= 0.6 is 27.5 Å². The van der Waals surface area contributed by atoms with E-state index in [-0.39, 0.29) is 6.54 Å². The van der Waals surface area contributed by atoms with Crippen LogP contribution in [0.15, 0.2) is 45.7 Å². The van der Waals surface area contributed by atoms with Gasteiger partial charge >= 0.3 is 5.69 Å². The Morgan fingerprint density at radius 1 is 1.12 bits per heavy atom. The van der Waals surface area contributed by atoms with Crippen LogP contribution in [0.5, 0.6) is 11.5 Å². The Labute approximate surface area is 156 Å². The monoisotopic (exact) mass is 424 g/mol. The molecule has 3 aromatic rings. The van der Waals surface area contributed by atoms with E-state index in [1.54, 1.807) is 50.6 Å². The number of rotatable bonds is 5. The fourth-order valence-corrected chi connectivity index (χ4v) is 2.99. The van der Waals surface area contributed by atoms with Crippen LogP contribution in [-0.2, 0) is 6.54 Å². The molecule has 0 bridgehead atoms. The van der Waals surface area contributed by atoms with E-state index in [0.717, 1.165) is 14.7 Å². The highest BCUT2D eigenvalue weighted by molar-refractivity contribution is 9.10. The van der Waals surface area contributed by atoms with Gasteiger partial charge in [-0.1, -0.05) is 39.7 Å². The number of hydrogen-bond donors (Lipinski definition) is 0. The molecule has 130 valence electrons. The number of nitrogens with zero attached hydrogens (tertiary/aromatic N) is 4. The van der Waals surface area contributed by atoms with E-state index in [1.807, 2.05) is 0 Å². The fraction of sp³-hybridized carbons (Fsp3) is 0.188. The highest BCUT2D eigenvalue weighted by Gasteiger charge is 2.15. The fourth-order valence-electron chi connectivity index (χ4n) is 2.33. The molecule has 0 saturated heterocycles. The molecule has 0 saturated carbocycles. The molecule has 25 heavy (non-hydrogen) atoms. The topological polar surface area (TPSA) is 71.2 Å². The molecule has 0 atom stereocenters. The van der Waals surface area contributed by atoms with Crippen molar-refractivity contribution in [2.45, 2.75) is 6.54 Å². The first kappa shape index (κ1) is 17.5. The molecular formula is C16H14BrClN4O3. The van der Waals surface area contributed by atoms with Crippen LogP contribution in [0.25, 0.3) is 5.69 Å². The zero-order valence-corrected chi connectivity index (χ0v) is 15.8. The molecular weight excluding hydrogens is 412 g/mol. The second-order valence-electron chi connectivity index (χ2n) is 5.08. The molecule has 9 heteroatoms. The number of halogens is 2. The molecule has 0 radical (unpaired) electrons. The van der Waals surface area contributed by atoms with E-state index in [4.69, 9.17) is 21.1 Å². The standard InChI is InChI=1S/C16H14BrClN4O3/c1-24-14-7-10(11(17)8-15(14)25-2)9-21-16(23)22(20-19-21)13-6-4-3-5-12(13)18/h3-8H,9H2,1-2H3. The van der Waals surface area contributed by atoms with Crippen LogP contribution in [0, 0.1) is 0 Å². The summed E-state index contributed by atoms with van der Waals surface area (Å²) in [6.07, 6.45) is 0. The molecule has 3 rings (SSSR count). The van der Waals surface area contributed by atoms with Crippen molar-refractivity contribution in [3.8, 4) is 17.2 Å². The van der Waals surface area contributed by atoms with Gasteiger partial charge in [0.2, 0.25) is 0 Å². The molecule has 1 heterocycles. The van der Waals surface area contributed by atoms with Gasteiger partial charge in [0, 0.05) is 4.47 Å². The van der Waals surface area contributed by atoms with E-state index >= 15 is 0 Å². The number of methoxy groups -OCH3 is 2. The third-order valence-electron chi connectivity index (χ3n) is 3.59. The summed E-state index contributed by atoms with van der Waals surface area (Å²) >= 11 is 9.59. The first-order chi connectivity index (χ1) is 12.0. The number of ether oxygens (including phenoxy) is 2. The molecule has 1 aromatic heterocycles. The maximum Gasteiger partial charge on any atom is 0.368 e. The lowest BCUT2D eigenvalue weighted by atomic mass is 10.2. The first-order valence-corrected chi connectivity index (χ1v) is 8.40. The quantitative estimate of drug-likeness (QED) is 0.628. The SMILES string of the molecule is COc1cc(Br)c(Cn2nnn(-c3ccccc3Cl)c2=O)cc1OC.